The Hall–Kier alpha value is -7.24. The lowest BCUT2D eigenvalue weighted by atomic mass is 9.35. The number of nitrogens with zero attached hydrogens (tertiary/aromatic N) is 3. The van der Waals surface area contributed by atoms with Crippen molar-refractivity contribution in [3.05, 3.63) is 204 Å². The molecule has 0 unspecified atom stereocenters. The summed E-state index contributed by atoms with van der Waals surface area (Å²) in [6.45, 7) is 23.4. The van der Waals surface area contributed by atoms with Crippen LogP contribution in [0.3, 0.4) is 0 Å². The van der Waals surface area contributed by atoms with E-state index in [1.165, 1.54) is 50.0 Å². The van der Waals surface area contributed by atoms with E-state index >= 15 is 0 Å². The molecule has 3 heterocycles. The number of hydrogen-bond donors (Lipinski definition) is 0. The van der Waals surface area contributed by atoms with Crippen molar-refractivity contribution in [2.45, 2.75) is 104 Å². The molecule has 0 atom stereocenters. The van der Waals surface area contributed by atoms with Crippen molar-refractivity contribution >= 4 is 85.5 Å². The van der Waals surface area contributed by atoms with E-state index in [0.717, 1.165) is 75.0 Å². The zero-order chi connectivity index (χ0) is 49.2. The number of anilines is 9. The SMILES string of the molecule is CC(C)(C)c1ccc(N2c3cc(N(c4ccccc4)c4ccccc4)cc4c3B(c3cc5c(cc3N4c3ccccc3-c3ccccc3)C(C)(C)CCC5(C)C)c3oc4ccc(C(C)(C)C)cc4c32)cc1. The van der Waals surface area contributed by atoms with Gasteiger partial charge >= 0.3 is 0 Å². The van der Waals surface area contributed by atoms with Gasteiger partial charge in [0.25, 0.3) is 6.71 Å². The average Bonchev–Trinajstić information content (AvgIpc) is 3.74. The molecule has 0 amide bonds. The van der Waals surface area contributed by atoms with E-state index in [1.54, 1.807) is 0 Å². The second-order valence-corrected chi connectivity index (χ2v) is 23.7. The summed E-state index contributed by atoms with van der Waals surface area (Å²) < 4.78 is 7.51. The van der Waals surface area contributed by atoms with Crippen LogP contribution in [0.1, 0.15) is 104 Å². The van der Waals surface area contributed by atoms with Crippen LogP contribution >= 0.6 is 0 Å². The van der Waals surface area contributed by atoms with Crippen LogP contribution in [0, 0.1) is 0 Å². The third kappa shape index (κ3) is 7.33. The summed E-state index contributed by atoms with van der Waals surface area (Å²) in [7, 11) is 0. The van der Waals surface area contributed by atoms with E-state index in [1.807, 2.05) is 0 Å². The fourth-order valence-corrected chi connectivity index (χ4v) is 11.9. The van der Waals surface area contributed by atoms with Crippen molar-refractivity contribution < 1.29 is 4.42 Å². The van der Waals surface area contributed by atoms with Gasteiger partial charge < -0.3 is 19.1 Å². The normalized spacial score (nSPS) is 15.5. The number of hydrogen-bond acceptors (Lipinski definition) is 4. The Labute approximate surface area is 421 Å². The Kier molecular flexibility index (Phi) is 10.2. The van der Waals surface area contributed by atoms with Crippen LogP contribution in [0.2, 0.25) is 0 Å². The molecule has 0 N–H and O–H groups in total. The number of fused-ring (bicyclic) bond motifs is 7. The van der Waals surface area contributed by atoms with Crippen LogP contribution in [0.15, 0.2) is 186 Å². The molecule has 3 aliphatic rings. The van der Waals surface area contributed by atoms with Gasteiger partial charge in [-0.05, 0) is 146 Å². The first-order valence-corrected chi connectivity index (χ1v) is 25.7. The third-order valence-electron chi connectivity index (χ3n) is 16.0. The maximum absolute atomic E-state index is 7.51. The molecule has 0 spiro atoms. The van der Waals surface area contributed by atoms with Gasteiger partial charge in [0.1, 0.15) is 5.58 Å². The van der Waals surface area contributed by atoms with Gasteiger partial charge in [0.05, 0.1) is 22.7 Å². The van der Waals surface area contributed by atoms with E-state index in [9.17, 15) is 0 Å². The summed E-state index contributed by atoms with van der Waals surface area (Å²) in [5.41, 5.74) is 22.2. The second-order valence-electron chi connectivity index (χ2n) is 23.7. The number of rotatable bonds is 6. The lowest BCUT2D eigenvalue weighted by molar-refractivity contribution is 0.332. The predicted octanol–water partition coefficient (Wildman–Crippen LogP) is 16.6. The zero-order valence-corrected chi connectivity index (χ0v) is 43.1. The van der Waals surface area contributed by atoms with Gasteiger partial charge in [-0.3, -0.25) is 0 Å². The molecule has 352 valence electrons. The molecule has 0 fully saturated rings. The molecule has 8 aromatic carbocycles. The van der Waals surface area contributed by atoms with Crippen LogP contribution in [0.25, 0.3) is 22.1 Å². The minimum atomic E-state index is -0.206. The van der Waals surface area contributed by atoms with Gasteiger partial charge in [0.2, 0.25) is 0 Å². The predicted molar refractivity (Wildman–Crippen MR) is 303 cm³/mol. The maximum atomic E-state index is 7.51. The highest BCUT2D eigenvalue weighted by Crippen LogP contribution is 2.54. The molecule has 4 nitrogen and oxygen atoms in total. The van der Waals surface area contributed by atoms with Crippen LogP contribution in [-0.4, -0.2) is 6.71 Å². The van der Waals surface area contributed by atoms with Crippen molar-refractivity contribution in [3.8, 4) is 11.1 Å². The second kappa shape index (κ2) is 16.1. The molecular weight excluding hydrogens is 862 g/mol. The lowest BCUT2D eigenvalue weighted by Crippen LogP contribution is -2.61. The van der Waals surface area contributed by atoms with Gasteiger partial charge in [-0.15, -0.1) is 0 Å². The highest BCUT2D eigenvalue weighted by molar-refractivity contribution is 7.00. The van der Waals surface area contributed by atoms with Crippen LogP contribution in [0.4, 0.5) is 51.2 Å². The molecule has 1 aliphatic carbocycles. The molecule has 2 aliphatic heterocycles. The Morgan fingerprint density at radius 1 is 0.493 bits per heavy atom. The van der Waals surface area contributed by atoms with Gasteiger partial charge in [-0.2, -0.15) is 0 Å². The van der Waals surface area contributed by atoms with E-state index in [4.69, 9.17) is 4.42 Å². The Balaban J connectivity index is 1.27. The Morgan fingerprint density at radius 3 is 1.63 bits per heavy atom. The highest BCUT2D eigenvalue weighted by Gasteiger charge is 2.49. The fraction of sp³-hybridized carbons (Fsp3) is 0.242. The Bertz CT molecular complexity index is 3460. The van der Waals surface area contributed by atoms with E-state index in [0.29, 0.717) is 0 Å². The van der Waals surface area contributed by atoms with Crippen molar-refractivity contribution in [3.63, 3.8) is 0 Å². The standard InChI is InChI=1S/C66H64BN3O/c1-63(2,3)44-30-33-48(34-31-44)69-57-39-49(68(46-24-16-12-17-25-46)47-26-18-13-19-27-47)40-58-60(57)67(62-61(69)51-38-45(64(4,5)6)32-35-59(51)71-62)54-41-52-53(66(9,10)37-36-65(52,7)8)42-56(54)70(58)55-29-21-20-28-50(55)43-22-14-11-15-23-43/h11-35,38-42H,36-37H2,1-10H3. The van der Waals surface area contributed by atoms with Gasteiger partial charge in [0, 0.05) is 45.1 Å². The van der Waals surface area contributed by atoms with Crippen LogP contribution < -0.4 is 31.3 Å². The molecule has 12 rings (SSSR count). The molecule has 0 radical (unpaired) electrons. The quantitative estimate of drug-likeness (QED) is 0.155. The summed E-state index contributed by atoms with van der Waals surface area (Å²) >= 11 is 0. The van der Waals surface area contributed by atoms with Crippen molar-refractivity contribution in [2.75, 3.05) is 14.7 Å². The topological polar surface area (TPSA) is 22.9 Å². The van der Waals surface area contributed by atoms with Gasteiger partial charge in [0.15, 0.2) is 0 Å². The summed E-state index contributed by atoms with van der Waals surface area (Å²) in [4.78, 5) is 7.60. The minimum absolute atomic E-state index is 0.0105. The van der Waals surface area contributed by atoms with Crippen molar-refractivity contribution in [2.24, 2.45) is 0 Å². The number of furan rings is 1. The molecule has 1 aromatic heterocycles. The first kappa shape index (κ1) is 44.9. The van der Waals surface area contributed by atoms with Gasteiger partial charge in [-0.25, -0.2) is 0 Å². The van der Waals surface area contributed by atoms with E-state index in [-0.39, 0.29) is 28.4 Å². The zero-order valence-electron chi connectivity index (χ0n) is 43.1. The van der Waals surface area contributed by atoms with Crippen molar-refractivity contribution in [1.82, 2.24) is 0 Å². The summed E-state index contributed by atoms with van der Waals surface area (Å²) in [5, 5.41) is 1.13. The largest absolute Gasteiger partial charge is 0.468 e. The lowest BCUT2D eigenvalue weighted by Gasteiger charge is -2.47. The Morgan fingerprint density at radius 2 is 1.03 bits per heavy atom. The van der Waals surface area contributed by atoms with E-state index < -0.39 is 0 Å². The molecule has 0 saturated carbocycles. The fourth-order valence-electron chi connectivity index (χ4n) is 11.9. The minimum Gasteiger partial charge on any atom is -0.468 e. The third-order valence-corrected chi connectivity index (χ3v) is 16.0. The first-order chi connectivity index (χ1) is 34.0. The molecule has 5 heteroatoms. The summed E-state index contributed by atoms with van der Waals surface area (Å²) in [5.74, 6) is 0. The van der Waals surface area contributed by atoms with Crippen LogP contribution in [-0.2, 0) is 21.7 Å². The summed E-state index contributed by atoms with van der Waals surface area (Å²) in [6, 6.07) is 68.1. The monoisotopic (exact) mass is 926 g/mol. The van der Waals surface area contributed by atoms with E-state index in [2.05, 4.69) is 266 Å². The highest BCUT2D eigenvalue weighted by atomic mass is 16.3. The number of benzene rings is 8. The number of para-hydroxylation sites is 3. The first-order valence-electron chi connectivity index (χ1n) is 25.7. The average molecular weight is 926 g/mol. The summed E-state index contributed by atoms with van der Waals surface area (Å²) in [6.07, 6.45) is 2.25. The van der Waals surface area contributed by atoms with Crippen LogP contribution in [0.5, 0.6) is 0 Å². The molecule has 9 aromatic rings. The smallest absolute Gasteiger partial charge is 0.297 e. The molecule has 0 saturated heterocycles. The molecule has 71 heavy (non-hydrogen) atoms. The molecule has 0 bridgehead atoms. The van der Waals surface area contributed by atoms with Gasteiger partial charge in [-0.1, -0.05) is 178 Å². The maximum Gasteiger partial charge on any atom is 0.297 e. The van der Waals surface area contributed by atoms with Crippen molar-refractivity contribution in [1.29, 1.82) is 0 Å². The molecular formula is C66H64BN3O.